The van der Waals surface area contributed by atoms with Crippen molar-refractivity contribution in [1.29, 1.82) is 0 Å². The van der Waals surface area contributed by atoms with Gasteiger partial charge in [0.2, 0.25) is 5.95 Å². The predicted octanol–water partition coefficient (Wildman–Crippen LogP) is -1.55. The molecule has 0 bridgehead atoms. The molecule has 12 heteroatoms. The topological polar surface area (TPSA) is 172 Å². The third-order valence-electron chi connectivity index (χ3n) is 3.79. The average Bonchev–Trinajstić information content (AvgIpc) is 3.09. The van der Waals surface area contributed by atoms with E-state index in [-0.39, 0.29) is 17.1 Å². The number of aliphatic hydroxyl groups excluding tert-OH is 1. The maximum atomic E-state index is 11.9. The van der Waals surface area contributed by atoms with Crippen LogP contribution in [-0.2, 0) is 23.8 Å². The van der Waals surface area contributed by atoms with Crippen LogP contribution < -0.4 is 11.3 Å². The first-order valence-electron chi connectivity index (χ1n) is 7.65. The summed E-state index contributed by atoms with van der Waals surface area (Å²) in [5.74, 6) is -1.42. The van der Waals surface area contributed by atoms with Crippen LogP contribution in [0.1, 0.15) is 20.1 Å². The highest BCUT2D eigenvalue weighted by Gasteiger charge is 2.50. The van der Waals surface area contributed by atoms with Gasteiger partial charge in [-0.3, -0.25) is 23.9 Å². The molecule has 0 spiro atoms. The molecule has 1 fully saturated rings. The Bertz CT molecular complexity index is 907. The quantitative estimate of drug-likeness (QED) is 0.537. The fourth-order valence-corrected chi connectivity index (χ4v) is 2.86. The number of aliphatic hydroxyl groups is 1. The van der Waals surface area contributed by atoms with Gasteiger partial charge in [-0.2, -0.15) is 4.98 Å². The molecule has 4 N–H and O–H groups in total. The molecule has 0 aliphatic carbocycles. The van der Waals surface area contributed by atoms with Crippen molar-refractivity contribution in [3.63, 3.8) is 0 Å². The smallest absolute Gasteiger partial charge is 0.303 e. The van der Waals surface area contributed by atoms with Crippen LogP contribution in [0.3, 0.4) is 0 Å². The molecule has 140 valence electrons. The van der Waals surface area contributed by atoms with Crippen molar-refractivity contribution in [2.24, 2.45) is 0 Å². The Morgan fingerprint density at radius 1 is 1.35 bits per heavy atom. The first-order valence-corrected chi connectivity index (χ1v) is 7.65. The zero-order valence-corrected chi connectivity index (χ0v) is 13.9. The normalized spacial score (nSPS) is 25.3. The number of fused-ring (bicyclic) bond motifs is 1. The van der Waals surface area contributed by atoms with Crippen LogP contribution in [0.4, 0.5) is 5.95 Å². The summed E-state index contributed by atoms with van der Waals surface area (Å²) >= 11 is 0. The largest absolute Gasteiger partial charge is 0.456 e. The number of esters is 2. The van der Waals surface area contributed by atoms with Gasteiger partial charge in [-0.25, -0.2) is 4.98 Å². The van der Waals surface area contributed by atoms with Crippen molar-refractivity contribution in [2.75, 3.05) is 12.3 Å². The van der Waals surface area contributed by atoms with Crippen molar-refractivity contribution in [2.45, 2.75) is 38.4 Å². The molecule has 0 aromatic carbocycles. The summed E-state index contributed by atoms with van der Waals surface area (Å²) < 4.78 is 17.5. The van der Waals surface area contributed by atoms with E-state index < -0.39 is 48.6 Å². The number of carbonyl (C=O) groups excluding carboxylic acids is 2. The van der Waals surface area contributed by atoms with Crippen LogP contribution >= 0.6 is 0 Å². The summed E-state index contributed by atoms with van der Waals surface area (Å²) in [6.45, 7) is 1.87. The van der Waals surface area contributed by atoms with E-state index in [9.17, 15) is 19.5 Å². The fourth-order valence-electron chi connectivity index (χ4n) is 2.86. The number of nitrogens with two attached hydrogens (primary N) is 1. The number of aromatic amines is 1. The number of aromatic nitrogens is 4. The van der Waals surface area contributed by atoms with Crippen LogP contribution in [0, 0.1) is 0 Å². The van der Waals surface area contributed by atoms with Gasteiger partial charge in [0.15, 0.2) is 29.6 Å². The van der Waals surface area contributed by atoms with E-state index in [0.29, 0.717) is 0 Å². The molecule has 1 unspecified atom stereocenters. The van der Waals surface area contributed by atoms with Gasteiger partial charge in [-0.05, 0) is 0 Å². The maximum Gasteiger partial charge on any atom is 0.303 e. The molecule has 1 aliphatic rings. The van der Waals surface area contributed by atoms with Crippen LogP contribution in [0.2, 0.25) is 0 Å². The first-order chi connectivity index (χ1) is 12.3. The highest BCUT2D eigenvalue weighted by Crippen LogP contribution is 2.35. The van der Waals surface area contributed by atoms with E-state index in [0.717, 1.165) is 0 Å². The van der Waals surface area contributed by atoms with Crippen LogP contribution in [0.5, 0.6) is 0 Å². The van der Waals surface area contributed by atoms with Gasteiger partial charge in [0, 0.05) is 13.8 Å². The predicted molar refractivity (Wildman–Crippen MR) is 84.7 cm³/mol. The summed E-state index contributed by atoms with van der Waals surface area (Å²) in [6, 6.07) is 0. The summed E-state index contributed by atoms with van der Waals surface area (Å²) in [6.07, 6.45) is -2.88. The molecule has 4 atom stereocenters. The van der Waals surface area contributed by atoms with Gasteiger partial charge in [0.1, 0.15) is 6.10 Å². The lowest BCUT2D eigenvalue weighted by Gasteiger charge is -2.23. The molecular weight excluding hydrogens is 350 g/mol. The number of nitrogens with one attached hydrogen (secondary N) is 1. The molecule has 26 heavy (non-hydrogen) atoms. The van der Waals surface area contributed by atoms with E-state index >= 15 is 0 Å². The highest BCUT2D eigenvalue weighted by atomic mass is 16.6. The van der Waals surface area contributed by atoms with Gasteiger partial charge in [-0.15, -0.1) is 0 Å². The molecule has 3 rings (SSSR count). The SMILES string of the molecule is CC(=O)OC1[C@@H](OC(C)=O)[C@@H](CO)O[C@H]1n1cnc2c(=O)[nH]c(N)nc21. The van der Waals surface area contributed by atoms with Gasteiger partial charge in [0.05, 0.1) is 12.9 Å². The lowest BCUT2D eigenvalue weighted by molar-refractivity contribution is -0.165. The molecule has 12 nitrogen and oxygen atoms in total. The lowest BCUT2D eigenvalue weighted by Crippen LogP contribution is -2.40. The van der Waals surface area contributed by atoms with Gasteiger partial charge in [-0.1, -0.05) is 0 Å². The summed E-state index contributed by atoms with van der Waals surface area (Å²) in [5.41, 5.74) is 5.11. The zero-order chi connectivity index (χ0) is 19.0. The molecular formula is C14H17N5O7. The van der Waals surface area contributed by atoms with E-state index in [2.05, 4.69) is 15.0 Å². The molecule has 0 saturated carbocycles. The van der Waals surface area contributed by atoms with E-state index in [4.69, 9.17) is 19.9 Å². The maximum absolute atomic E-state index is 11.9. The number of anilines is 1. The number of hydrogen-bond donors (Lipinski definition) is 3. The second-order valence-electron chi connectivity index (χ2n) is 5.67. The van der Waals surface area contributed by atoms with Crippen LogP contribution in [0.15, 0.2) is 11.1 Å². The molecule has 0 radical (unpaired) electrons. The minimum absolute atomic E-state index is 0.000796. The Labute approximate surface area is 145 Å². The first kappa shape index (κ1) is 17.8. The van der Waals surface area contributed by atoms with Crippen LogP contribution in [0.25, 0.3) is 11.2 Å². The number of nitrogens with zero attached hydrogens (tertiary/aromatic N) is 3. The second-order valence-corrected chi connectivity index (χ2v) is 5.67. The second kappa shape index (κ2) is 6.72. The molecule has 1 aliphatic heterocycles. The Kier molecular flexibility index (Phi) is 4.61. The van der Waals surface area contributed by atoms with E-state index in [1.54, 1.807) is 0 Å². The van der Waals surface area contributed by atoms with E-state index in [1.165, 1.54) is 24.7 Å². The molecule has 2 aromatic rings. The van der Waals surface area contributed by atoms with Gasteiger partial charge < -0.3 is 25.1 Å². The Hall–Kier alpha value is -2.99. The number of imidazole rings is 1. The number of H-pyrrole nitrogens is 1. The molecule has 0 amide bonds. The van der Waals surface area contributed by atoms with Crippen molar-refractivity contribution in [3.8, 4) is 0 Å². The lowest BCUT2D eigenvalue weighted by atomic mass is 10.1. The third-order valence-corrected chi connectivity index (χ3v) is 3.79. The minimum atomic E-state index is -1.09. The van der Waals surface area contributed by atoms with Crippen molar-refractivity contribution in [3.05, 3.63) is 16.7 Å². The zero-order valence-electron chi connectivity index (χ0n) is 13.9. The summed E-state index contributed by atoms with van der Waals surface area (Å²) in [5, 5.41) is 9.55. The van der Waals surface area contributed by atoms with Gasteiger partial charge >= 0.3 is 11.9 Å². The number of carbonyl (C=O) groups is 2. The minimum Gasteiger partial charge on any atom is -0.456 e. The third kappa shape index (κ3) is 3.11. The Balaban J connectivity index is 2.08. The standard InChI is InChI=1S/C14H17N5O7/c1-5(21)24-9-7(3-20)26-13(10(9)25-6(2)22)19-4-16-8-11(19)17-14(15)18-12(8)23/h4,7,9-10,13,20H,3H2,1-2H3,(H3,15,17,18,23)/t7-,9+,10?,13-/m1/s1. The van der Waals surface area contributed by atoms with E-state index in [1.807, 2.05) is 0 Å². The molecule has 3 heterocycles. The van der Waals surface area contributed by atoms with Gasteiger partial charge in [0.25, 0.3) is 5.56 Å². The number of ether oxygens (including phenoxy) is 3. The van der Waals surface area contributed by atoms with Crippen molar-refractivity contribution in [1.82, 2.24) is 19.5 Å². The molecule has 1 saturated heterocycles. The summed E-state index contributed by atoms with van der Waals surface area (Å²) in [7, 11) is 0. The average molecular weight is 367 g/mol. The molecule has 2 aromatic heterocycles. The highest BCUT2D eigenvalue weighted by molar-refractivity contribution is 5.71. The van der Waals surface area contributed by atoms with Crippen molar-refractivity contribution >= 4 is 29.1 Å². The number of rotatable bonds is 4. The number of hydrogen-bond acceptors (Lipinski definition) is 10. The summed E-state index contributed by atoms with van der Waals surface area (Å²) in [4.78, 5) is 45.1. The fraction of sp³-hybridized carbons (Fsp3) is 0.500. The Morgan fingerprint density at radius 3 is 2.62 bits per heavy atom. The van der Waals surface area contributed by atoms with Crippen LogP contribution in [-0.4, -0.2) is 61.5 Å². The monoisotopic (exact) mass is 367 g/mol. The number of nitrogen functional groups attached to an aromatic ring is 1. The van der Waals surface area contributed by atoms with Crippen molar-refractivity contribution < 1.29 is 28.9 Å². The Morgan fingerprint density at radius 2 is 2.00 bits per heavy atom.